The number of carbonyl (C=O) groups excluding carboxylic acids is 6. The van der Waals surface area contributed by atoms with Crippen molar-refractivity contribution in [3.8, 4) is 0 Å². The first kappa shape index (κ1) is 53.3. The van der Waals surface area contributed by atoms with Gasteiger partial charge in [0.05, 0.1) is 6.61 Å². The second kappa shape index (κ2) is 22.6. The van der Waals surface area contributed by atoms with Crippen LogP contribution in [0.3, 0.4) is 0 Å². The zero-order valence-electron chi connectivity index (χ0n) is 40.8. The number of ether oxygens (including phenoxy) is 3. The van der Waals surface area contributed by atoms with Crippen LogP contribution in [0.25, 0.3) is 0 Å². The molecule has 374 valence electrons. The van der Waals surface area contributed by atoms with Gasteiger partial charge in [-0.1, -0.05) is 65.5 Å². The first-order valence-electron chi connectivity index (χ1n) is 24.6. The van der Waals surface area contributed by atoms with E-state index in [1.165, 1.54) is 71.3 Å². The number of fused-ring (bicyclic) bond motifs is 5. The fraction of sp³-hybridized carbons (Fsp3) is 0.837. The fourth-order valence-corrected chi connectivity index (χ4v) is 12.6. The molecule has 4 fully saturated rings. The number of allylic oxidation sites excluding steroid dienone is 1. The molecule has 0 aromatic rings. The summed E-state index contributed by atoms with van der Waals surface area (Å²) in [6.07, 6.45) is 7.28. The highest BCUT2D eigenvalue weighted by atomic mass is 16.6. The van der Waals surface area contributed by atoms with Crippen LogP contribution in [0.15, 0.2) is 11.6 Å². The summed E-state index contributed by atoms with van der Waals surface area (Å²) >= 11 is 0. The van der Waals surface area contributed by atoms with E-state index < -0.39 is 97.0 Å². The Bertz CT molecular complexity index is 1780. The number of aliphatic hydroxyl groups excluding tert-OH is 3. The van der Waals surface area contributed by atoms with Crippen LogP contribution in [0.4, 0.5) is 0 Å². The van der Waals surface area contributed by atoms with Crippen LogP contribution in [0.5, 0.6) is 0 Å². The van der Waals surface area contributed by atoms with Gasteiger partial charge in [-0.05, 0) is 118 Å². The van der Waals surface area contributed by atoms with Gasteiger partial charge in [0.2, 0.25) is 29.5 Å². The van der Waals surface area contributed by atoms with Crippen LogP contribution in [0, 0.1) is 46.3 Å². The normalized spacial score (nSPS) is 35.0. The third-order valence-corrected chi connectivity index (χ3v) is 16.3. The molecule has 4 aliphatic carbocycles. The molecule has 1 unspecified atom stereocenters. The Hall–Kier alpha value is -3.64. The van der Waals surface area contributed by atoms with Gasteiger partial charge in [0.15, 0.2) is 6.29 Å². The number of esters is 1. The fourth-order valence-electron chi connectivity index (χ4n) is 12.6. The lowest BCUT2D eigenvalue weighted by Gasteiger charge is -2.58. The number of amides is 5. The van der Waals surface area contributed by atoms with Gasteiger partial charge in [0.1, 0.15) is 54.7 Å². The molecule has 17 nitrogen and oxygen atoms in total. The molecular weight excluding hydrogens is 851 g/mol. The minimum atomic E-state index is -1.67. The second-order valence-corrected chi connectivity index (χ2v) is 21.3. The summed E-state index contributed by atoms with van der Waals surface area (Å²) in [5, 5.41) is 40.5. The number of hydrogen-bond donors (Lipinski definition) is 8. The first-order chi connectivity index (χ1) is 31.0. The Balaban J connectivity index is 1.06. The van der Waals surface area contributed by atoms with Crippen molar-refractivity contribution in [2.45, 2.75) is 207 Å². The van der Waals surface area contributed by atoms with E-state index in [1.54, 1.807) is 6.92 Å². The third kappa shape index (κ3) is 12.3. The van der Waals surface area contributed by atoms with E-state index in [0.29, 0.717) is 23.7 Å². The molecule has 1 heterocycles. The number of carbonyl (C=O) groups is 6. The van der Waals surface area contributed by atoms with Gasteiger partial charge in [-0.15, -0.1) is 0 Å². The molecule has 0 bridgehead atoms. The minimum absolute atomic E-state index is 0.0994. The predicted molar refractivity (Wildman–Crippen MR) is 244 cm³/mol. The highest BCUT2D eigenvalue weighted by molar-refractivity contribution is 5.92. The Morgan fingerprint density at radius 2 is 1.59 bits per heavy atom. The Labute approximate surface area is 391 Å². The van der Waals surface area contributed by atoms with Gasteiger partial charge in [0.25, 0.3) is 0 Å². The maximum Gasteiger partial charge on any atom is 0.328 e. The summed E-state index contributed by atoms with van der Waals surface area (Å²) in [4.78, 5) is 76.5. The van der Waals surface area contributed by atoms with Gasteiger partial charge in [-0.2, -0.15) is 0 Å². The standard InChI is InChI=1S/C49H81N5O12/c1-25(2)11-10-12-26(3)34-15-16-35-33-14-13-31-23-32(19-21-48(31,8)36(33)20-22-49(34,35)9)65-46(62)28(5)51-39(57)18-17-37(43(50)59)54-44(60)27(4)52-45(61)29(6)64-42-40(53-30(7)56)47(63)66-38(24-55)41(42)58/h13,25-29,32-38,40-42,47,55,58,63H,10-12,14-24H2,1-9H3,(H2,50,59)(H,51,57)(H,52,61)(H,53,56)(H,54,60)/t26-,27+,28+,29?,32+,33+,34-,35+,36+,37-,38-,40-,41-,42-,47+,48+,49-/m1/s1. The lowest BCUT2D eigenvalue weighted by molar-refractivity contribution is -0.266. The quantitative estimate of drug-likeness (QED) is 0.0647. The van der Waals surface area contributed by atoms with E-state index in [9.17, 15) is 44.1 Å². The average molecular weight is 932 g/mol. The summed E-state index contributed by atoms with van der Waals surface area (Å²) in [6.45, 7) is 16.9. The number of rotatable bonds is 20. The van der Waals surface area contributed by atoms with Crippen molar-refractivity contribution in [3.63, 3.8) is 0 Å². The second-order valence-electron chi connectivity index (χ2n) is 21.3. The molecule has 5 aliphatic rings. The molecule has 1 aliphatic heterocycles. The molecule has 9 N–H and O–H groups in total. The van der Waals surface area contributed by atoms with Crippen molar-refractivity contribution < 1.29 is 58.3 Å². The smallest absolute Gasteiger partial charge is 0.328 e. The van der Waals surface area contributed by atoms with E-state index in [-0.39, 0.29) is 24.4 Å². The molecule has 0 aromatic carbocycles. The van der Waals surface area contributed by atoms with Gasteiger partial charge in [0, 0.05) is 19.8 Å². The zero-order valence-corrected chi connectivity index (χ0v) is 40.8. The Morgan fingerprint density at radius 3 is 2.24 bits per heavy atom. The van der Waals surface area contributed by atoms with Crippen molar-refractivity contribution in [1.82, 2.24) is 21.3 Å². The number of primary amides is 1. The number of hydrogen-bond acceptors (Lipinski definition) is 12. The Morgan fingerprint density at radius 1 is 0.879 bits per heavy atom. The Kier molecular flexibility index (Phi) is 18.3. The van der Waals surface area contributed by atoms with E-state index in [2.05, 4.69) is 62.0 Å². The molecule has 5 amide bonds. The first-order valence-corrected chi connectivity index (χ1v) is 24.6. The molecule has 3 saturated carbocycles. The van der Waals surface area contributed by atoms with Crippen LogP contribution >= 0.6 is 0 Å². The summed E-state index contributed by atoms with van der Waals surface area (Å²) in [7, 11) is 0. The van der Waals surface area contributed by atoms with E-state index in [0.717, 1.165) is 42.9 Å². The highest BCUT2D eigenvalue weighted by Crippen LogP contribution is 2.67. The molecule has 0 aromatic heterocycles. The molecule has 17 heteroatoms. The van der Waals surface area contributed by atoms with Crippen LogP contribution < -0.4 is 27.0 Å². The van der Waals surface area contributed by atoms with Crippen LogP contribution in [-0.4, -0.2) is 118 Å². The SMILES string of the molecule is CC(=O)N[C@@H]1[C@@H](OC(C)C(=O)N[C@@H](C)C(=O)N[C@H](CCC(=O)N[C@@H](C)C(=O)O[C@H]2CC[C@@]3(C)C(=CC[C@H]4[C@@H]5CC[C@H]([C@H](C)CCCC(C)C)[C@@]5(C)CC[C@@H]43)C2)C(N)=O)[C@H](O)[C@@H](CO)O[C@@H]1O. The average Bonchev–Trinajstić information content (AvgIpc) is 3.61. The topological polar surface area (TPSA) is 265 Å². The number of aliphatic hydroxyl groups is 3. The molecule has 66 heavy (non-hydrogen) atoms. The summed E-state index contributed by atoms with van der Waals surface area (Å²) < 4.78 is 16.9. The van der Waals surface area contributed by atoms with Crippen molar-refractivity contribution in [1.29, 1.82) is 0 Å². The minimum Gasteiger partial charge on any atom is -0.461 e. The molecule has 1 saturated heterocycles. The van der Waals surface area contributed by atoms with Crippen LogP contribution in [-0.2, 0) is 43.0 Å². The lowest BCUT2D eigenvalue weighted by atomic mass is 9.47. The maximum atomic E-state index is 13.3. The number of nitrogens with one attached hydrogen (secondary N) is 4. The van der Waals surface area contributed by atoms with Gasteiger partial charge in [-0.25, -0.2) is 4.79 Å². The summed E-state index contributed by atoms with van der Waals surface area (Å²) in [5.41, 5.74) is 7.48. The summed E-state index contributed by atoms with van der Waals surface area (Å²) in [5.74, 6) is 0.238. The van der Waals surface area contributed by atoms with Crippen molar-refractivity contribution in [2.75, 3.05) is 6.61 Å². The van der Waals surface area contributed by atoms with Gasteiger partial charge < -0.3 is 56.5 Å². The lowest BCUT2D eigenvalue weighted by Crippen LogP contribution is -2.65. The zero-order chi connectivity index (χ0) is 48.8. The van der Waals surface area contributed by atoms with Crippen molar-refractivity contribution >= 4 is 35.5 Å². The molecule has 17 atom stereocenters. The van der Waals surface area contributed by atoms with E-state index in [1.807, 2.05) is 0 Å². The van der Waals surface area contributed by atoms with E-state index in [4.69, 9.17) is 19.9 Å². The largest absolute Gasteiger partial charge is 0.461 e. The molecule has 0 spiro atoms. The monoisotopic (exact) mass is 932 g/mol. The van der Waals surface area contributed by atoms with Gasteiger partial charge in [-0.3, -0.25) is 24.0 Å². The predicted octanol–water partition coefficient (Wildman–Crippen LogP) is 3.05. The van der Waals surface area contributed by atoms with Crippen molar-refractivity contribution in [2.24, 2.45) is 52.1 Å². The molecule has 5 rings (SSSR count). The highest BCUT2D eigenvalue weighted by Gasteiger charge is 2.59. The maximum absolute atomic E-state index is 13.3. The molecular formula is C49H81N5O12. The summed E-state index contributed by atoms with van der Waals surface area (Å²) in [6, 6.07) is -4.76. The van der Waals surface area contributed by atoms with Crippen LogP contribution in [0.1, 0.15) is 146 Å². The van der Waals surface area contributed by atoms with Crippen molar-refractivity contribution in [3.05, 3.63) is 11.6 Å². The number of nitrogens with two attached hydrogens (primary N) is 1. The van der Waals surface area contributed by atoms with Gasteiger partial charge >= 0.3 is 5.97 Å². The van der Waals surface area contributed by atoms with Crippen LogP contribution in [0.2, 0.25) is 0 Å². The third-order valence-electron chi connectivity index (χ3n) is 16.3. The van der Waals surface area contributed by atoms with E-state index >= 15 is 0 Å². The molecule has 0 radical (unpaired) electrons.